The number of imidazole rings is 1. The van der Waals surface area contributed by atoms with Crippen molar-refractivity contribution in [3.05, 3.63) is 54.4 Å². The predicted molar refractivity (Wildman–Crippen MR) is 76.8 cm³/mol. The van der Waals surface area contributed by atoms with Crippen molar-refractivity contribution in [2.45, 2.75) is 13.3 Å². The third kappa shape index (κ3) is 3.81. The molecule has 0 aliphatic rings. The van der Waals surface area contributed by atoms with Crippen LogP contribution in [0.2, 0.25) is 0 Å². The number of carbonyl (C=O) groups excluding carboxylic acids is 1. The number of hydrogen-bond acceptors (Lipinski definition) is 2. The summed E-state index contributed by atoms with van der Waals surface area (Å²) in [7, 11) is 0. The van der Waals surface area contributed by atoms with Crippen molar-refractivity contribution in [1.82, 2.24) is 15.3 Å². The lowest BCUT2D eigenvalue weighted by Gasteiger charge is -1.99. The summed E-state index contributed by atoms with van der Waals surface area (Å²) in [6.07, 6.45) is 7.62. The van der Waals surface area contributed by atoms with Crippen molar-refractivity contribution < 1.29 is 4.79 Å². The van der Waals surface area contributed by atoms with E-state index in [1.165, 1.54) is 6.08 Å². The molecule has 19 heavy (non-hydrogen) atoms. The number of aromatic nitrogens is 2. The first-order valence-corrected chi connectivity index (χ1v) is 6.30. The molecule has 98 valence electrons. The van der Waals surface area contributed by atoms with Crippen molar-refractivity contribution in [3.8, 4) is 0 Å². The SMILES string of the molecule is C/C=C/C=C/C(=O)NCCc1nc2ccccc2[nH]1. The molecule has 0 radical (unpaired) electrons. The number of amides is 1. The van der Waals surface area contributed by atoms with Gasteiger partial charge >= 0.3 is 0 Å². The Labute approximate surface area is 112 Å². The number of fused-ring (bicyclic) bond motifs is 1. The number of nitrogens with one attached hydrogen (secondary N) is 2. The van der Waals surface area contributed by atoms with E-state index in [2.05, 4.69) is 15.3 Å². The number of aromatic amines is 1. The number of hydrogen-bond donors (Lipinski definition) is 2. The molecule has 0 fully saturated rings. The molecule has 2 rings (SSSR count). The molecule has 0 saturated heterocycles. The number of H-pyrrole nitrogens is 1. The fraction of sp³-hybridized carbons (Fsp3) is 0.200. The van der Waals surface area contributed by atoms with E-state index < -0.39 is 0 Å². The molecule has 1 amide bonds. The van der Waals surface area contributed by atoms with Crippen LogP contribution in [0.25, 0.3) is 11.0 Å². The zero-order valence-corrected chi connectivity index (χ0v) is 10.9. The topological polar surface area (TPSA) is 57.8 Å². The minimum atomic E-state index is -0.0887. The van der Waals surface area contributed by atoms with E-state index in [-0.39, 0.29) is 5.91 Å². The molecule has 0 aliphatic heterocycles. The van der Waals surface area contributed by atoms with Crippen LogP contribution in [0, 0.1) is 0 Å². The molecule has 0 atom stereocenters. The lowest BCUT2D eigenvalue weighted by molar-refractivity contribution is -0.116. The van der Waals surface area contributed by atoms with Crippen molar-refractivity contribution in [2.75, 3.05) is 6.54 Å². The molecule has 0 unspecified atom stereocenters. The van der Waals surface area contributed by atoms with Gasteiger partial charge in [0.1, 0.15) is 5.82 Å². The van der Waals surface area contributed by atoms with Gasteiger partial charge in [0.15, 0.2) is 0 Å². The van der Waals surface area contributed by atoms with Gasteiger partial charge in [-0.2, -0.15) is 0 Å². The first-order chi connectivity index (χ1) is 9.29. The van der Waals surface area contributed by atoms with Crippen LogP contribution < -0.4 is 5.32 Å². The van der Waals surface area contributed by atoms with Gasteiger partial charge in [0, 0.05) is 19.0 Å². The average Bonchev–Trinajstić information content (AvgIpc) is 2.81. The summed E-state index contributed by atoms with van der Waals surface area (Å²) < 4.78 is 0. The Morgan fingerprint density at radius 1 is 1.37 bits per heavy atom. The number of benzene rings is 1. The molecule has 4 nitrogen and oxygen atoms in total. The number of rotatable bonds is 5. The Balaban J connectivity index is 1.84. The quantitative estimate of drug-likeness (QED) is 0.636. The molecule has 0 aliphatic carbocycles. The van der Waals surface area contributed by atoms with Crippen molar-refractivity contribution >= 4 is 16.9 Å². The van der Waals surface area contributed by atoms with Gasteiger partial charge in [0.2, 0.25) is 5.91 Å². The summed E-state index contributed by atoms with van der Waals surface area (Å²) >= 11 is 0. The van der Waals surface area contributed by atoms with Gasteiger partial charge in [-0.15, -0.1) is 0 Å². The summed E-state index contributed by atoms with van der Waals surface area (Å²) in [5.74, 6) is 0.799. The zero-order valence-electron chi connectivity index (χ0n) is 10.9. The fourth-order valence-corrected chi connectivity index (χ4v) is 1.74. The van der Waals surface area contributed by atoms with Crippen molar-refractivity contribution in [3.63, 3.8) is 0 Å². The number of nitrogens with zero attached hydrogens (tertiary/aromatic N) is 1. The molecule has 0 bridgehead atoms. The highest BCUT2D eigenvalue weighted by atomic mass is 16.1. The third-order valence-corrected chi connectivity index (χ3v) is 2.65. The lowest BCUT2D eigenvalue weighted by Crippen LogP contribution is -2.23. The van der Waals surface area contributed by atoms with Crippen LogP contribution in [0.4, 0.5) is 0 Å². The van der Waals surface area contributed by atoms with E-state index in [0.29, 0.717) is 13.0 Å². The van der Waals surface area contributed by atoms with E-state index in [1.54, 1.807) is 6.08 Å². The zero-order chi connectivity index (χ0) is 13.5. The van der Waals surface area contributed by atoms with Crippen LogP contribution >= 0.6 is 0 Å². The average molecular weight is 255 g/mol. The smallest absolute Gasteiger partial charge is 0.243 e. The van der Waals surface area contributed by atoms with Crippen LogP contribution in [0.1, 0.15) is 12.7 Å². The Morgan fingerprint density at radius 3 is 3.00 bits per heavy atom. The van der Waals surface area contributed by atoms with Gasteiger partial charge in [-0.1, -0.05) is 30.4 Å². The minimum Gasteiger partial charge on any atom is -0.352 e. The van der Waals surface area contributed by atoms with Crippen LogP contribution in [0.5, 0.6) is 0 Å². The van der Waals surface area contributed by atoms with E-state index in [9.17, 15) is 4.79 Å². The standard InChI is InChI=1S/C15H17N3O/c1-2-3-4-9-15(19)16-11-10-14-17-12-7-5-6-8-13(12)18-14/h2-9H,10-11H2,1H3,(H,16,19)(H,17,18)/b3-2+,9-4+. The van der Waals surface area contributed by atoms with E-state index in [0.717, 1.165) is 16.9 Å². The predicted octanol–water partition coefficient (Wildman–Crippen LogP) is 2.35. The van der Waals surface area contributed by atoms with Gasteiger partial charge in [-0.05, 0) is 19.1 Å². The number of para-hydroxylation sites is 2. The molecule has 1 heterocycles. The second-order valence-corrected chi connectivity index (χ2v) is 4.13. The van der Waals surface area contributed by atoms with Crippen LogP contribution in [0.15, 0.2) is 48.6 Å². The fourth-order valence-electron chi connectivity index (χ4n) is 1.74. The summed E-state index contributed by atoms with van der Waals surface area (Å²) in [6.45, 7) is 2.47. The second kappa shape index (κ2) is 6.54. The molecule has 2 N–H and O–H groups in total. The minimum absolute atomic E-state index is 0.0887. The van der Waals surface area contributed by atoms with Crippen LogP contribution in [-0.2, 0) is 11.2 Å². The first-order valence-electron chi connectivity index (χ1n) is 6.30. The van der Waals surface area contributed by atoms with Gasteiger partial charge in [0.25, 0.3) is 0 Å². The Bertz CT molecular complexity index is 578. The largest absolute Gasteiger partial charge is 0.352 e. The number of allylic oxidation sites excluding steroid dienone is 3. The molecule has 1 aromatic carbocycles. The van der Waals surface area contributed by atoms with Gasteiger partial charge in [-0.3, -0.25) is 4.79 Å². The molecule has 1 aromatic heterocycles. The summed E-state index contributed by atoms with van der Waals surface area (Å²) in [4.78, 5) is 19.1. The lowest BCUT2D eigenvalue weighted by atomic mass is 10.3. The van der Waals surface area contributed by atoms with E-state index >= 15 is 0 Å². The third-order valence-electron chi connectivity index (χ3n) is 2.65. The normalized spacial score (nSPS) is 11.6. The second-order valence-electron chi connectivity index (χ2n) is 4.13. The van der Waals surface area contributed by atoms with Crippen LogP contribution in [0.3, 0.4) is 0 Å². The molecule has 4 heteroatoms. The van der Waals surface area contributed by atoms with Crippen LogP contribution in [-0.4, -0.2) is 22.4 Å². The Hall–Kier alpha value is -2.36. The van der Waals surface area contributed by atoms with Crippen molar-refractivity contribution in [1.29, 1.82) is 0 Å². The van der Waals surface area contributed by atoms with Crippen molar-refractivity contribution in [2.24, 2.45) is 0 Å². The molecular weight excluding hydrogens is 238 g/mol. The van der Waals surface area contributed by atoms with Gasteiger partial charge in [-0.25, -0.2) is 4.98 Å². The number of carbonyl (C=O) groups is 1. The summed E-state index contributed by atoms with van der Waals surface area (Å²) in [5.41, 5.74) is 1.98. The van der Waals surface area contributed by atoms with Gasteiger partial charge in [0.05, 0.1) is 11.0 Å². The summed E-state index contributed by atoms with van der Waals surface area (Å²) in [6, 6.07) is 7.89. The highest BCUT2D eigenvalue weighted by Crippen LogP contribution is 2.10. The maximum absolute atomic E-state index is 11.4. The molecule has 0 saturated carbocycles. The highest BCUT2D eigenvalue weighted by Gasteiger charge is 2.02. The van der Waals surface area contributed by atoms with E-state index in [1.807, 2.05) is 43.3 Å². The maximum Gasteiger partial charge on any atom is 0.243 e. The van der Waals surface area contributed by atoms with Gasteiger partial charge < -0.3 is 10.3 Å². The maximum atomic E-state index is 11.4. The Morgan fingerprint density at radius 2 is 2.21 bits per heavy atom. The summed E-state index contributed by atoms with van der Waals surface area (Å²) in [5, 5.41) is 2.81. The first kappa shape index (κ1) is 13.1. The molecule has 2 aromatic rings. The monoisotopic (exact) mass is 255 g/mol. The van der Waals surface area contributed by atoms with E-state index in [4.69, 9.17) is 0 Å². The highest BCUT2D eigenvalue weighted by molar-refractivity contribution is 5.87. The molecular formula is C15H17N3O. The Kier molecular flexibility index (Phi) is 4.50. The molecule has 0 spiro atoms.